The van der Waals surface area contributed by atoms with Gasteiger partial charge in [-0.05, 0) is 29.7 Å². The number of rotatable bonds is 3. The van der Waals surface area contributed by atoms with E-state index in [1.165, 1.54) is 11.3 Å². The molecule has 1 aromatic carbocycles. The summed E-state index contributed by atoms with van der Waals surface area (Å²) in [5.74, 6) is -1.48. The molecule has 6 heteroatoms. The van der Waals surface area contributed by atoms with Gasteiger partial charge in [-0.15, -0.1) is 11.3 Å². The van der Waals surface area contributed by atoms with Crippen LogP contribution in [0, 0.1) is 0 Å². The van der Waals surface area contributed by atoms with Gasteiger partial charge < -0.3 is 4.18 Å². The Morgan fingerprint density at radius 1 is 1.35 bits per heavy atom. The molecule has 3 nitrogen and oxygen atoms in total. The van der Waals surface area contributed by atoms with Crippen molar-refractivity contribution in [1.29, 1.82) is 0 Å². The largest absolute Gasteiger partial charge is 0.392 e. The zero-order chi connectivity index (χ0) is 12.4. The first-order valence-corrected chi connectivity index (χ1v) is 6.94. The van der Waals surface area contributed by atoms with Crippen LogP contribution in [-0.2, 0) is 8.98 Å². The zero-order valence-electron chi connectivity index (χ0n) is 8.73. The van der Waals surface area contributed by atoms with Crippen molar-refractivity contribution in [3.8, 4) is 0 Å². The van der Waals surface area contributed by atoms with Crippen molar-refractivity contribution in [3.63, 3.8) is 0 Å². The van der Waals surface area contributed by atoms with E-state index >= 15 is 0 Å². The van der Waals surface area contributed by atoms with E-state index in [4.69, 9.17) is 11.6 Å². The van der Waals surface area contributed by atoms with Gasteiger partial charge in [0.2, 0.25) is 0 Å². The van der Waals surface area contributed by atoms with Gasteiger partial charge in [0.05, 0.1) is 16.9 Å². The molecule has 88 valence electrons. The lowest BCUT2D eigenvalue weighted by Gasteiger charge is -1.94. The van der Waals surface area contributed by atoms with Crippen molar-refractivity contribution in [2.45, 2.75) is 0 Å². The van der Waals surface area contributed by atoms with Gasteiger partial charge in [-0.3, -0.25) is 4.79 Å². The van der Waals surface area contributed by atoms with Gasteiger partial charge in [-0.25, -0.2) is 4.79 Å². The van der Waals surface area contributed by atoms with Crippen LogP contribution >= 0.6 is 35.0 Å². The summed E-state index contributed by atoms with van der Waals surface area (Å²) in [7, 11) is 0. The van der Waals surface area contributed by atoms with Crippen LogP contribution < -0.4 is 0 Å². The Labute approximate surface area is 111 Å². The number of hydrogen-bond donors (Lipinski definition) is 0. The highest BCUT2D eigenvalue weighted by atomic mass is 35.5. The Morgan fingerprint density at radius 2 is 2.12 bits per heavy atom. The van der Waals surface area contributed by atoms with E-state index in [-0.39, 0.29) is 0 Å². The molecule has 0 spiro atoms. The third kappa shape index (κ3) is 2.62. The second-order valence-electron chi connectivity index (χ2n) is 3.16. The van der Waals surface area contributed by atoms with Crippen LogP contribution in [0.3, 0.4) is 0 Å². The number of carbonyl (C=O) groups excluding carboxylic acids is 2. The highest BCUT2D eigenvalue weighted by Gasteiger charge is 2.20. The molecule has 0 aliphatic heterocycles. The van der Waals surface area contributed by atoms with Crippen LogP contribution in [0.15, 0.2) is 24.3 Å². The van der Waals surface area contributed by atoms with E-state index in [9.17, 15) is 9.59 Å². The van der Waals surface area contributed by atoms with Crippen LogP contribution in [0.25, 0.3) is 10.1 Å². The average Bonchev–Trinajstić information content (AvgIpc) is 2.71. The maximum atomic E-state index is 11.7. The number of Topliss-reactive ketones (excluding diaryl/α,β-unsaturated/α-hetero) is 1. The predicted molar refractivity (Wildman–Crippen MR) is 70.8 cm³/mol. The predicted octanol–water partition coefficient (Wildman–Crippen LogP) is 3.56. The number of fused-ring (bicyclic) bond motifs is 1. The standard InChI is InChI=1S/C11H7ClO3S2/c1-16-15-11(14)10(13)9-5-6-4-7(12)2-3-8(6)17-9/h2-5H,1H3. The molecule has 0 fully saturated rings. The Morgan fingerprint density at radius 3 is 2.82 bits per heavy atom. The molecule has 0 saturated carbocycles. The first-order valence-electron chi connectivity index (χ1n) is 4.60. The maximum Gasteiger partial charge on any atom is 0.392 e. The molecular formula is C11H7ClO3S2. The van der Waals surface area contributed by atoms with E-state index in [1.54, 1.807) is 24.5 Å². The smallest absolute Gasteiger partial charge is 0.386 e. The van der Waals surface area contributed by atoms with Crippen molar-refractivity contribution in [2.75, 3.05) is 6.26 Å². The van der Waals surface area contributed by atoms with Gasteiger partial charge in [0.1, 0.15) is 0 Å². The normalized spacial score (nSPS) is 10.5. The topological polar surface area (TPSA) is 43.4 Å². The van der Waals surface area contributed by atoms with E-state index < -0.39 is 11.8 Å². The van der Waals surface area contributed by atoms with Crippen molar-refractivity contribution in [3.05, 3.63) is 34.2 Å². The molecule has 0 radical (unpaired) electrons. The van der Waals surface area contributed by atoms with Crippen LogP contribution in [0.4, 0.5) is 0 Å². The molecule has 0 unspecified atom stereocenters. The zero-order valence-corrected chi connectivity index (χ0v) is 11.1. The highest BCUT2D eigenvalue weighted by Crippen LogP contribution is 2.28. The summed E-state index contributed by atoms with van der Waals surface area (Å²) >= 11 is 7.95. The number of ketones is 1. The van der Waals surface area contributed by atoms with Gasteiger partial charge in [-0.1, -0.05) is 11.6 Å². The van der Waals surface area contributed by atoms with Gasteiger partial charge in [0.25, 0.3) is 5.78 Å². The van der Waals surface area contributed by atoms with Crippen molar-refractivity contribution < 1.29 is 13.8 Å². The Balaban J connectivity index is 2.36. The highest BCUT2D eigenvalue weighted by molar-refractivity contribution is 7.94. The van der Waals surface area contributed by atoms with E-state index in [2.05, 4.69) is 4.18 Å². The second kappa shape index (κ2) is 5.08. The summed E-state index contributed by atoms with van der Waals surface area (Å²) in [6, 6.07) is 6.97. The fourth-order valence-electron chi connectivity index (χ4n) is 1.34. The number of halogens is 1. The van der Waals surface area contributed by atoms with Crippen LogP contribution in [0.1, 0.15) is 9.67 Å². The molecular weight excluding hydrogens is 280 g/mol. The van der Waals surface area contributed by atoms with E-state index in [0.29, 0.717) is 9.90 Å². The van der Waals surface area contributed by atoms with Crippen molar-refractivity contribution in [2.24, 2.45) is 0 Å². The molecule has 2 rings (SSSR count). The fraction of sp³-hybridized carbons (Fsp3) is 0.0909. The van der Waals surface area contributed by atoms with Crippen molar-refractivity contribution in [1.82, 2.24) is 0 Å². The first kappa shape index (κ1) is 12.4. The number of hydrogen-bond acceptors (Lipinski definition) is 5. The third-order valence-corrected chi connectivity index (χ3v) is 3.71. The molecule has 0 aliphatic rings. The minimum Gasteiger partial charge on any atom is -0.386 e. The lowest BCUT2D eigenvalue weighted by atomic mass is 10.2. The molecule has 2 aromatic rings. The Hall–Kier alpha value is -1.04. The molecule has 0 atom stereocenters. The van der Waals surface area contributed by atoms with Gasteiger partial charge in [-0.2, -0.15) is 0 Å². The molecule has 0 saturated heterocycles. The quantitative estimate of drug-likeness (QED) is 0.492. The monoisotopic (exact) mass is 286 g/mol. The van der Waals surface area contributed by atoms with Crippen LogP contribution in [-0.4, -0.2) is 18.0 Å². The molecule has 1 heterocycles. The number of thiophene rings is 1. The fourth-order valence-corrected chi connectivity index (χ4v) is 2.72. The van der Waals surface area contributed by atoms with Crippen molar-refractivity contribution >= 4 is 56.8 Å². The summed E-state index contributed by atoms with van der Waals surface area (Å²) < 4.78 is 5.50. The summed E-state index contributed by atoms with van der Waals surface area (Å²) in [5, 5.41) is 1.45. The summed E-state index contributed by atoms with van der Waals surface area (Å²) in [6.45, 7) is 0. The minimum absolute atomic E-state index is 0.362. The van der Waals surface area contributed by atoms with E-state index in [0.717, 1.165) is 22.1 Å². The molecule has 0 bridgehead atoms. The maximum absolute atomic E-state index is 11.7. The Bertz CT molecular complexity index is 591. The van der Waals surface area contributed by atoms with Crippen LogP contribution in [0.2, 0.25) is 5.02 Å². The number of benzene rings is 1. The SMILES string of the molecule is CSOC(=O)C(=O)c1cc2cc(Cl)ccc2s1. The minimum atomic E-state index is -0.852. The summed E-state index contributed by atoms with van der Waals surface area (Å²) in [4.78, 5) is 23.3. The average molecular weight is 287 g/mol. The molecule has 0 aliphatic carbocycles. The number of carbonyl (C=O) groups is 2. The lowest BCUT2D eigenvalue weighted by molar-refractivity contribution is -0.128. The van der Waals surface area contributed by atoms with Crippen LogP contribution in [0.5, 0.6) is 0 Å². The van der Waals surface area contributed by atoms with Gasteiger partial charge in [0.15, 0.2) is 0 Å². The molecule has 1 aromatic heterocycles. The molecule has 0 amide bonds. The molecule has 0 N–H and O–H groups in total. The third-order valence-electron chi connectivity index (χ3n) is 2.05. The first-order chi connectivity index (χ1) is 8.11. The van der Waals surface area contributed by atoms with Gasteiger partial charge >= 0.3 is 5.97 Å². The Kier molecular flexibility index (Phi) is 3.71. The van der Waals surface area contributed by atoms with E-state index in [1.807, 2.05) is 6.07 Å². The lowest BCUT2D eigenvalue weighted by Crippen LogP contribution is -2.12. The summed E-state index contributed by atoms with van der Waals surface area (Å²) in [6.07, 6.45) is 1.58. The summed E-state index contributed by atoms with van der Waals surface area (Å²) in [5.41, 5.74) is 0. The molecule has 17 heavy (non-hydrogen) atoms. The van der Waals surface area contributed by atoms with Gasteiger partial charge in [0, 0.05) is 16.0 Å². The second-order valence-corrected chi connectivity index (χ2v) is 5.18.